The molecule has 0 radical (unpaired) electrons. The van der Waals surface area contributed by atoms with Crippen LogP contribution in [0.1, 0.15) is 69.3 Å². The summed E-state index contributed by atoms with van der Waals surface area (Å²) in [5.41, 5.74) is 8.54. The number of Topliss-reactive ketones (excluding diaryl/α,β-unsaturated/α-hetero) is 1. The zero-order valence-corrected chi connectivity index (χ0v) is 29.2. The standard InChI is InChI=1S/C41H46N2O5/c1-23-11-9-13-33(28(23)6)42-39(45)37-35(44)21-41(8,47)38(40(46)43-34-14-10-12-24(2)29(34)7)36(37)30-15-17-32(18-16-30)48-22-31-20-26(4)25(3)19-27(31)5/h9-20,36-38,47H,21-22H2,1-8H3,(H,42,45)(H,43,46). The molecule has 7 nitrogen and oxygen atoms in total. The van der Waals surface area contributed by atoms with Crippen LogP contribution in [0.25, 0.3) is 0 Å². The van der Waals surface area contributed by atoms with E-state index in [1.54, 1.807) is 30.3 Å². The van der Waals surface area contributed by atoms with E-state index >= 15 is 0 Å². The van der Waals surface area contributed by atoms with Crippen LogP contribution < -0.4 is 15.4 Å². The Balaban J connectivity index is 1.52. The van der Waals surface area contributed by atoms with E-state index < -0.39 is 41.0 Å². The number of nitrogens with one attached hydrogen (secondary N) is 2. The van der Waals surface area contributed by atoms with Gasteiger partial charge in [-0.05, 0) is 130 Å². The zero-order valence-electron chi connectivity index (χ0n) is 29.2. The summed E-state index contributed by atoms with van der Waals surface area (Å²) in [6.45, 7) is 15.9. The molecule has 1 aliphatic rings. The zero-order chi connectivity index (χ0) is 34.9. The fourth-order valence-electron chi connectivity index (χ4n) is 6.81. The number of benzene rings is 4. The van der Waals surface area contributed by atoms with Gasteiger partial charge in [0.1, 0.15) is 24.1 Å². The van der Waals surface area contributed by atoms with Crippen LogP contribution in [0.4, 0.5) is 11.4 Å². The predicted molar refractivity (Wildman–Crippen MR) is 190 cm³/mol. The molecule has 0 spiro atoms. The summed E-state index contributed by atoms with van der Waals surface area (Å²) in [5, 5.41) is 17.8. The number of rotatable bonds is 8. The molecule has 4 aromatic carbocycles. The largest absolute Gasteiger partial charge is 0.489 e. The minimum Gasteiger partial charge on any atom is -0.489 e. The van der Waals surface area contributed by atoms with E-state index in [1.807, 2.05) is 58.0 Å². The molecular weight excluding hydrogens is 600 g/mol. The van der Waals surface area contributed by atoms with E-state index in [4.69, 9.17) is 4.74 Å². The van der Waals surface area contributed by atoms with Crippen LogP contribution in [-0.4, -0.2) is 28.3 Å². The minimum absolute atomic E-state index is 0.338. The lowest BCUT2D eigenvalue weighted by atomic mass is 9.61. The van der Waals surface area contributed by atoms with E-state index in [0.29, 0.717) is 29.3 Å². The first-order valence-electron chi connectivity index (χ1n) is 16.5. The number of aliphatic hydroxyl groups is 1. The van der Waals surface area contributed by atoms with E-state index in [9.17, 15) is 19.5 Å². The van der Waals surface area contributed by atoms with Crippen LogP contribution >= 0.6 is 0 Å². The second kappa shape index (κ2) is 13.8. The third-order valence-electron chi connectivity index (χ3n) is 10.2. The number of anilines is 2. The predicted octanol–water partition coefficient (Wildman–Crippen LogP) is 7.74. The Morgan fingerprint density at radius 3 is 1.88 bits per heavy atom. The Kier molecular flexibility index (Phi) is 9.92. The summed E-state index contributed by atoms with van der Waals surface area (Å²) in [6, 6.07) is 22.7. The quantitative estimate of drug-likeness (QED) is 0.170. The maximum absolute atomic E-state index is 14.2. The molecule has 48 heavy (non-hydrogen) atoms. The molecule has 0 aromatic heterocycles. The summed E-state index contributed by atoms with van der Waals surface area (Å²) in [4.78, 5) is 42.2. The normalized spacial score (nSPS) is 20.7. The van der Waals surface area contributed by atoms with Gasteiger partial charge in [-0.1, -0.05) is 48.5 Å². The van der Waals surface area contributed by atoms with E-state index in [-0.39, 0.29) is 6.42 Å². The lowest BCUT2D eigenvalue weighted by molar-refractivity contribution is -0.150. The SMILES string of the molecule is Cc1cc(C)c(COc2ccc(C3C(C(=O)Nc4cccc(C)c4C)C(=O)CC(C)(O)C3C(=O)Nc3cccc(C)c3C)cc2)cc1C. The van der Waals surface area contributed by atoms with Crippen molar-refractivity contribution in [3.63, 3.8) is 0 Å². The second-order valence-electron chi connectivity index (χ2n) is 13.7. The molecule has 7 heteroatoms. The molecule has 4 unspecified atom stereocenters. The molecular formula is C41H46N2O5. The van der Waals surface area contributed by atoms with Gasteiger partial charge >= 0.3 is 0 Å². The molecule has 1 aliphatic carbocycles. The molecule has 5 rings (SSSR count). The highest BCUT2D eigenvalue weighted by molar-refractivity contribution is 6.10. The maximum Gasteiger partial charge on any atom is 0.235 e. The van der Waals surface area contributed by atoms with Crippen LogP contribution in [0.2, 0.25) is 0 Å². The van der Waals surface area contributed by atoms with Gasteiger partial charge in [0, 0.05) is 23.7 Å². The first-order chi connectivity index (χ1) is 22.7. The fourth-order valence-corrected chi connectivity index (χ4v) is 6.81. The van der Waals surface area contributed by atoms with Gasteiger partial charge in [0.15, 0.2) is 0 Å². The first kappa shape index (κ1) is 34.6. The summed E-state index contributed by atoms with van der Waals surface area (Å²) < 4.78 is 6.15. The summed E-state index contributed by atoms with van der Waals surface area (Å²) in [6.07, 6.45) is -0.338. The highest BCUT2D eigenvalue weighted by Crippen LogP contribution is 2.47. The van der Waals surface area contributed by atoms with Gasteiger partial charge in [-0.3, -0.25) is 14.4 Å². The average molecular weight is 647 g/mol. The van der Waals surface area contributed by atoms with Crippen molar-refractivity contribution in [2.45, 2.75) is 79.9 Å². The van der Waals surface area contributed by atoms with Crippen molar-refractivity contribution in [3.05, 3.63) is 123 Å². The molecule has 2 amide bonds. The highest BCUT2D eigenvalue weighted by Gasteiger charge is 2.56. The Morgan fingerprint density at radius 1 is 0.750 bits per heavy atom. The van der Waals surface area contributed by atoms with Crippen molar-refractivity contribution in [2.24, 2.45) is 11.8 Å². The van der Waals surface area contributed by atoms with Crippen molar-refractivity contribution in [1.29, 1.82) is 0 Å². The van der Waals surface area contributed by atoms with Crippen molar-refractivity contribution in [3.8, 4) is 5.75 Å². The van der Waals surface area contributed by atoms with Crippen molar-refractivity contribution < 1.29 is 24.2 Å². The van der Waals surface area contributed by atoms with Gasteiger partial charge in [0.25, 0.3) is 0 Å². The second-order valence-corrected chi connectivity index (χ2v) is 13.7. The number of aryl methyl sites for hydroxylation is 5. The molecule has 1 fully saturated rings. The minimum atomic E-state index is -1.71. The molecule has 0 saturated heterocycles. The molecule has 0 bridgehead atoms. The Labute approximate surface area is 283 Å². The number of carbonyl (C=O) groups excluding carboxylic acids is 3. The number of carbonyl (C=O) groups is 3. The first-order valence-corrected chi connectivity index (χ1v) is 16.5. The molecule has 250 valence electrons. The van der Waals surface area contributed by atoms with Crippen molar-refractivity contribution in [1.82, 2.24) is 0 Å². The summed E-state index contributed by atoms with van der Waals surface area (Å²) in [5.74, 6) is -4.07. The number of amides is 2. The molecule has 1 saturated carbocycles. The van der Waals surface area contributed by atoms with Gasteiger partial charge in [-0.15, -0.1) is 0 Å². The third kappa shape index (κ3) is 7.07. The Hall–Kier alpha value is -4.75. The van der Waals surface area contributed by atoms with Crippen LogP contribution in [0.3, 0.4) is 0 Å². The number of ether oxygens (including phenoxy) is 1. The van der Waals surface area contributed by atoms with Crippen LogP contribution in [0.5, 0.6) is 5.75 Å². The van der Waals surface area contributed by atoms with Gasteiger partial charge in [-0.25, -0.2) is 0 Å². The summed E-state index contributed by atoms with van der Waals surface area (Å²) in [7, 11) is 0. The van der Waals surface area contributed by atoms with Gasteiger partial charge in [0.05, 0.1) is 11.5 Å². The Bertz CT molecular complexity index is 1870. The molecule has 3 N–H and O–H groups in total. The smallest absolute Gasteiger partial charge is 0.235 e. The van der Waals surface area contributed by atoms with Crippen LogP contribution in [0.15, 0.2) is 72.8 Å². The van der Waals surface area contributed by atoms with E-state index in [2.05, 4.69) is 43.5 Å². The summed E-state index contributed by atoms with van der Waals surface area (Å²) >= 11 is 0. The topological polar surface area (TPSA) is 105 Å². The number of hydrogen-bond acceptors (Lipinski definition) is 5. The molecule has 0 aliphatic heterocycles. The lowest BCUT2D eigenvalue weighted by Crippen LogP contribution is -2.56. The number of hydrogen-bond donors (Lipinski definition) is 3. The Morgan fingerprint density at radius 2 is 1.29 bits per heavy atom. The molecule has 4 atom stereocenters. The fraction of sp³-hybridized carbons (Fsp3) is 0.341. The van der Waals surface area contributed by atoms with E-state index in [0.717, 1.165) is 33.4 Å². The van der Waals surface area contributed by atoms with E-state index in [1.165, 1.54) is 18.1 Å². The van der Waals surface area contributed by atoms with Gasteiger partial charge in [-0.2, -0.15) is 0 Å². The lowest BCUT2D eigenvalue weighted by Gasteiger charge is -2.44. The van der Waals surface area contributed by atoms with Crippen LogP contribution in [0, 0.1) is 60.3 Å². The van der Waals surface area contributed by atoms with Gasteiger partial charge in [0.2, 0.25) is 11.8 Å². The highest BCUT2D eigenvalue weighted by atomic mass is 16.5. The van der Waals surface area contributed by atoms with Gasteiger partial charge < -0.3 is 20.5 Å². The monoisotopic (exact) mass is 646 g/mol. The number of ketones is 1. The third-order valence-corrected chi connectivity index (χ3v) is 10.2. The van der Waals surface area contributed by atoms with Crippen molar-refractivity contribution in [2.75, 3.05) is 10.6 Å². The molecule has 4 aromatic rings. The van der Waals surface area contributed by atoms with Crippen LogP contribution in [-0.2, 0) is 21.0 Å². The average Bonchev–Trinajstić information content (AvgIpc) is 3.02. The van der Waals surface area contributed by atoms with Crippen molar-refractivity contribution >= 4 is 29.0 Å². The molecule has 0 heterocycles. The maximum atomic E-state index is 14.2.